The van der Waals surface area contributed by atoms with E-state index in [1.165, 1.54) is 0 Å². The van der Waals surface area contributed by atoms with Crippen molar-refractivity contribution in [2.75, 3.05) is 0 Å². The maximum Gasteiger partial charge on any atom is 1.00 e. The van der Waals surface area contributed by atoms with E-state index in [0.29, 0.717) is 0 Å². The molecule has 0 aliphatic heterocycles. The Morgan fingerprint density at radius 1 is 1.83 bits per heavy atom. The van der Waals surface area contributed by atoms with Gasteiger partial charge in [-0.1, -0.05) is 0 Å². The van der Waals surface area contributed by atoms with Gasteiger partial charge in [0.2, 0.25) is 0 Å². The molecule has 0 aromatic carbocycles. The average molecular weight is 135 g/mol. The van der Waals surface area contributed by atoms with Crippen molar-refractivity contribution in [2.24, 2.45) is 5.90 Å². The van der Waals surface area contributed by atoms with E-state index in [9.17, 15) is 0 Å². The molecule has 0 fully saturated rings. The fourth-order valence-corrected chi connectivity index (χ4v) is 0. The Labute approximate surface area is 80.3 Å². The van der Waals surface area contributed by atoms with Crippen molar-refractivity contribution in [3.8, 4) is 0 Å². The molecular weight excluding hydrogens is 133 g/mol. The predicted molar refractivity (Wildman–Crippen MR) is 14.2 cm³/mol. The van der Waals surface area contributed by atoms with Crippen molar-refractivity contribution in [1.82, 2.24) is 0 Å². The summed E-state index contributed by atoms with van der Waals surface area (Å²) in [4.78, 5) is 0. The Balaban J connectivity index is 0. The van der Waals surface area contributed by atoms with E-state index in [1.54, 1.807) is 0 Å². The maximum absolute atomic E-state index is 9.02. The van der Waals surface area contributed by atoms with Gasteiger partial charge in [0.25, 0.3) is 0 Å². The summed E-state index contributed by atoms with van der Waals surface area (Å²) in [6.45, 7) is 0. The Morgan fingerprint density at radius 3 is 2.00 bits per heavy atom. The molecule has 0 aliphatic carbocycles. The van der Waals surface area contributed by atoms with Crippen molar-refractivity contribution in [3.63, 3.8) is 0 Å². The number of nitrogens with two attached hydrogens (primary N) is 1. The summed E-state index contributed by atoms with van der Waals surface area (Å²) in [5.41, 5.74) is 0. The second kappa shape index (κ2) is 6.67. The van der Waals surface area contributed by atoms with E-state index >= 15 is 0 Å². The summed E-state index contributed by atoms with van der Waals surface area (Å²) in [7, 11) is 0. The molecule has 2 N–H and O–H groups in total. The SMILES string of the molecule is NOS(=O)[O-].[K+]. The summed E-state index contributed by atoms with van der Waals surface area (Å²) in [6, 6.07) is 0. The van der Waals surface area contributed by atoms with Crippen molar-refractivity contribution in [1.29, 1.82) is 0 Å². The van der Waals surface area contributed by atoms with Crippen LogP contribution in [0.2, 0.25) is 0 Å². The van der Waals surface area contributed by atoms with Crippen molar-refractivity contribution in [3.05, 3.63) is 0 Å². The first-order valence-corrected chi connectivity index (χ1v) is 1.74. The molecule has 0 radical (unpaired) electrons. The van der Waals surface area contributed by atoms with Gasteiger partial charge in [-0.15, -0.1) is 0 Å². The third kappa shape index (κ3) is 9.18. The summed E-state index contributed by atoms with van der Waals surface area (Å²) in [6.07, 6.45) is 0. The summed E-state index contributed by atoms with van der Waals surface area (Å²) < 4.78 is 21.2. The summed E-state index contributed by atoms with van der Waals surface area (Å²) >= 11 is -2.54. The van der Waals surface area contributed by atoms with E-state index in [1.807, 2.05) is 0 Å². The second-order valence-electron chi connectivity index (χ2n) is 0.300. The molecule has 0 heterocycles. The standard InChI is InChI=1S/K.H3NO3S/c;1-4-5(2)3/h;1H2,(H,2,3)/q+1;/p-1. The maximum atomic E-state index is 9.02. The molecule has 0 saturated heterocycles. The van der Waals surface area contributed by atoms with E-state index in [-0.39, 0.29) is 51.4 Å². The van der Waals surface area contributed by atoms with Gasteiger partial charge in [-0.2, -0.15) is 0 Å². The minimum Gasteiger partial charge on any atom is -0.748 e. The van der Waals surface area contributed by atoms with Gasteiger partial charge in [-0.25, -0.2) is 14.4 Å². The zero-order valence-corrected chi connectivity index (χ0v) is 7.15. The van der Waals surface area contributed by atoms with Crippen LogP contribution in [0.25, 0.3) is 0 Å². The third-order valence-electron chi connectivity index (χ3n) is 0.0786. The van der Waals surface area contributed by atoms with Crippen LogP contribution in [-0.4, -0.2) is 8.76 Å². The normalized spacial score (nSPS) is 12.3. The molecule has 4 nitrogen and oxygen atoms in total. The Morgan fingerprint density at radius 2 is 2.00 bits per heavy atom. The van der Waals surface area contributed by atoms with Gasteiger partial charge in [0.1, 0.15) is 11.4 Å². The molecule has 0 aromatic rings. The molecule has 0 aliphatic rings. The monoisotopic (exact) mass is 135 g/mol. The third-order valence-corrected chi connectivity index (χ3v) is 0.236. The van der Waals surface area contributed by atoms with Gasteiger partial charge >= 0.3 is 51.4 Å². The van der Waals surface area contributed by atoms with Crippen LogP contribution in [0.4, 0.5) is 0 Å². The van der Waals surface area contributed by atoms with Crippen LogP contribution in [0.3, 0.4) is 0 Å². The van der Waals surface area contributed by atoms with Crippen LogP contribution in [-0.2, 0) is 15.6 Å². The minimum absolute atomic E-state index is 0. The molecule has 0 spiro atoms. The molecule has 0 rings (SSSR count). The number of hydrogen-bond acceptors (Lipinski definition) is 4. The molecule has 6 heavy (non-hydrogen) atoms. The summed E-state index contributed by atoms with van der Waals surface area (Å²) in [5, 5.41) is 0. The molecule has 0 bridgehead atoms. The fraction of sp³-hybridized carbons (Fsp3) is 0. The molecule has 1 unspecified atom stereocenters. The average Bonchev–Trinajstić information content (AvgIpc) is 1.38. The number of rotatable bonds is 1. The van der Waals surface area contributed by atoms with E-state index < -0.39 is 11.4 Å². The molecule has 0 aromatic heterocycles. The van der Waals surface area contributed by atoms with Gasteiger partial charge in [-0.05, 0) is 0 Å². The van der Waals surface area contributed by atoms with Crippen LogP contribution in [0.15, 0.2) is 0 Å². The van der Waals surface area contributed by atoms with Crippen LogP contribution >= 0.6 is 0 Å². The Bertz CT molecular complexity index is 46.1. The zero-order chi connectivity index (χ0) is 4.28. The summed E-state index contributed by atoms with van der Waals surface area (Å²) in [5.74, 6) is 4.06. The zero-order valence-electron chi connectivity index (χ0n) is 3.21. The van der Waals surface area contributed by atoms with Gasteiger partial charge in [0.05, 0.1) is 0 Å². The number of hydrogen-bond donors (Lipinski definition) is 1. The van der Waals surface area contributed by atoms with Gasteiger partial charge in [0, 0.05) is 0 Å². The van der Waals surface area contributed by atoms with Crippen LogP contribution in [0, 0.1) is 0 Å². The topological polar surface area (TPSA) is 75.4 Å². The fourth-order valence-electron chi connectivity index (χ4n) is 0. The molecule has 0 saturated carbocycles. The smallest absolute Gasteiger partial charge is 0.748 e. The van der Waals surface area contributed by atoms with E-state index in [2.05, 4.69) is 10.2 Å². The van der Waals surface area contributed by atoms with E-state index in [4.69, 9.17) is 8.76 Å². The molecule has 1 atom stereocenters. The first-order chi connectivity index (χ1) is 2.27. The minimum atomic E-state index is -2.54. The first kappa shape index (κ1) is 10.6. The molecule has 32 valence electrons. The van der Waals surface area contributed by atoms with Gasteiger partial charge in [0.15, 0.2) is 0 Å². The van der Waals surface area contributed by atoms with Gasteiger partial charge < -0.3 is 4.55 Å². The predicted octanol–water partition coefficient (Wildman–Crippen LogP) is -4.33. The quantitative estimate of drug-likeness (QED) is 0.224. The van der Waals surface area contributed by atoms with Crippen LogP contribution in [0.5, 0.6) is 0 Å². The van der Waals surface area contributed by atoms with E-state index in [0.717, 1.165) is 0 Å². The second-order valence-corrected chi connectivity index (χ2v) is 0.901. The van der Waals surface area contributed by atoms with Crippen molar-refractivity contribution < 1.29 is 64.4 Å². The van der Waals surface area contributed by atoms with Crippen LogP contribution < -0.4 is 57.3 Å². The molecule has 6 heteroatoms. The van der Waals surface area contributed by atoms with Crippen LogP contribution in [0.1, 0.15) is 0 Å². The first-order valence-electron chi connectivity index (χ1n) is 0.736. The van der Waals surface area contributed by atoms with Crippen molar-refractivity contribution >= 4 is 11.4 Å². The molecular formula is H2KNO3S. The Kier molecular flexibility index (Phi) is 11.8. The van der Waals surface area contributed by atoms with Crippen molar-refractivity contribution in [2.45, 2.75) is 0 Å². The molecule has 0 amide bonds. The Hall–Kier alpha value is 1.67. The largest absolute Gasteiger partial charge is 1.00 e. The van der Waals surface area contributed by atoms with Gasteiger partial charge in [-0.3, -0.25) is 0 Å².